The van der Waals surface area contributed by atoms with Crippen LogP contribution in [0.2, 0.25) is 0 Å². The summed E-state index contributed by atoms with van der Waals surface area (Å²) in [6, 6.07) is 12.2. The van der Waals surface area contributed by atoms with Gasteiger partial charge in [0.1, 0.15) is 5.75 Å². The van der Waals surface area contributed by atoms with Crippen LogP contribution in [0, 0.1) is 0 Å². The van der Waals surface area contributed by atoms with Crippen LogP contribution in [0.5, 0.6) is 5.75 Å². The monoisotopic (exact) mass is 544 g/mol. The normalized spacial score (nSPS) is 15.9. The quantitative estimate of drug-likeness (QED) is 0.388. The number of hydrogen-bond donors (Lipinski definition) is 1. The van der Waals surface area contributed by atoms with Gasteiger partial charge < -0.3 is 9.84 Å². The molecule has 0 saturated carbocycles. The molecular formula is C24H21BrN2O4S2. The lowest BCUT2D eigenvalue weighted by Gasteiger charge is -2.24. The Morgan fingerprint density at radius 3 is 2.67 bits per heavy atom. The van der Waals surface area contributed by atoms with Gasteiger partial charge >= 0.3 is 5.97 Å². The molecule has 2 aromatic carbocycles. The highest BCUT2D eigenvalue weighted by molar-refractivity contribution is 9.10. The third kappa shape index (κ3) is 4.58. The van der Waals surface area contributed by atoms with E-state index in [1.54, 1.807) is 54.5 Å². The van der Waals surface area contributed by atoms with Crippen LogP contribution in [0.1, 0.15) is 31.0 Å². The van der Waals surface area contributed by atoms with Gasteiger partial charge in [-0.15, -0.1) is 11.8 Å². The fourth-order valence-electron chi connectivity index (χ4n) is 3.66. The van der Waals surface area contributed by atoms with Gasteiger partial charge in [0, 0.05) is 4.90 Å². The Kier molecular flexibility index (Phi) is 6.92. The summed E-state index contributed by atoms with van der Waals surface area (Å²) in [5.41, 5.74) is 2.22. The molecule has 1 aliphatic heterocycles. The average Bonchev–Trinajstić information content (AvgIpc) is 3.10. The van der Waals surface area contributed by atoms with Gasteiger partial charge in [0.2, 0.25) is 0 Å². The number of allylic oxidation sites excluding steroid dienone is 1. The van der Waals surface area contributed by atoms with Crippen LogP contribution < -0.4 is 14.9 Å². The first kappa shape index (κ1) is 23.5. The van der Waals surface area contributed by atoms with Crippen molar-refractivity contribution in [1.29, 1.82) is 0 Å². The van der Waals surface area contributed by atoms with Gasteiger partial charge in [0.15, 0.2) is 4.80 Å². The summed E-state index contributed by atoms with van der Waals surface area (Å²) in [6.07, 6.45) is 3.75. The lowest BCUT2D eigenvalue weighted by molar-refractivity contribution is -0.139. The standard InChI is InChI=1S/C24H21BrN2O4S2/c1-4-31-23(30)20-13(2)26-24-27(21(20)15-6-8-16(32-3)9-7-15)22(29)19(33-24)12-14-5-10-18(28)17(25)11-14/h5-12,21,28H,4H2,1-3H3/b19-12-/t21-/m0/s1. The summed E-state index contributed by atoms with van der Waals surface area (Å²) in [7, 11) is 0. The topological polar surface area (TPSA) is 80.9 Å². The van der Waals surface area contributed by atoms with E-state index in [0.717, 1.165) is 16.0 Å². The number of carbonyl (C=O) groups excluding carboxylic acids is 1. The van der Waals surface area contributed by atoms with Crippen LogP contribution >= 0.6 is 39.0 Å². The lowest BCUT2D eigenvalue weighted by Crippen LogP contribution is -2.39. The number of carbonyl (C=O) groups is 1. The molecule has 0 radical (unpaired) electrons. The smallest absolute Gasteiger partial charge is 0.338 e. The van der Waals surface area contributed by atoms with E-state index in [-0.39, 0.29) is 17.9 Å². The fraction of sp³-hybridized carbons (Fsp3) is 0.208. The third-order valence-electron chi connectivity index (χ3n) is 5.22. The summed E-state index contributed by atoms with van der Waals surface area (Å²) >= 11 is 6.19. The lowest BCUT2D eigenvalue weighted by atomic mass is 9.96. The molecule has 0 unspecified atom stereocenters. The number of esters is 1. The molecule has 0 spiro atoms. The largest absolute Gasteiger partial charge is 0.507 e. The van der Waals surface area contributed by atoms with Gasteiger partial charge in [-0.3, -0.25) is 9.36 Å². The van der Waals surface area contributed by atoms with E-state index in [0.29, 0.717) is 25.1 Å². The summed E-state index contributed by atoms with van der Waals surface area (Å²) in [6.45, 7) is 3.75. The number of phenolic OH excluding ortho intramolecular Hbond substituents is 1. The zero-order chi connectivity index (χ0) is 23.7. The van der Waals surface area contributed by atoms with Crippen molar-refractivity contribution in [3.8, 4) is 5.75 Å². The Morgan fingerprint density at radius 2 is 2.03 bits per heavy atom. The Bertz CT molecular complexity index is 1440. The van der Waals surface area contributed by atoms with Gasteiger partial charge in [0.25, 0.3) is 5.56 Å². The molecule has 1 N–H and O–H groups in total. The van der Waals surface area contributed by atoms with Crippen LogP contribution in [0.25, 0.3) is 6.08 Å². The molecule has 0 fully saturated rings. The number of ether oxygens (including phenoxy) is 1. The first-order valence-corrected chi connectivity index (χ1v) is 13.0. The molecule has 33 heavy (non-hydrogen) atoms. The maximum absolute atomic E-state index is 13.6. The fourth-order valence-corrected chi connectivity index (χ4v) is 5.51. The predicted octanol–water partition coefficient (Wildman–Crippen LogP) is 3.99. The minimum absolute atomic E-state index is 0.122. The Balaban J connectivity index is 1.94. The molecule has 1 aromatic heterocycles. The number of thiazole rings is 1. The van der Waals surface area contributed by atoms with Crippen LogP contribution in [-0.4, -0.2) is 28.5 Å². The van der Waals surface area contributed by atoms with E-state index in [2.05, 4.69) is 20.9 Å². The zero-order valence-corrected chi connectivity index (χ0v) is 21.4. The number of benzene rings is 2. The zero-order valence-electron chi connectivity index (χ0n) is 18.2. The van der Waals surface area contributed by atoms with Crippen molar-refractivity contribution in [2.75, 3.05) is 12.9 Å². The highest BCUT2D eigenvalue weighted by atomic mass is 79.9. The van der Waals surface area contributed by atoms with E-state index in [1.807, 2.05) is 30.5 Å². The van der Waals surface area contributed by atoms with Crippen molar-refractivity contribution in [2.24, 2.45) is 4.99 Å². The van der Waals surface area contributed by atoms with Crippen LogP contribution in [0.4, 0.5) is 0 Å². The van der Waals surface area contributed by atoms with Gasteiger partial charge in [-0.05, 0) is 77.5 Å². The number of aromatic nitrogens is 1. The highest BCUT2D eigenvalue weighted by Crippen LogP contribution is 2.31. The number of nitrogens with zero attached hydrogens (tertiary/aromatic N) is 2. The van der Waals surface area contributed by atoms with Gasteiger partial charge in [-0.25, -0.2) is 9.79 Å². The Hall–Kier alpha value is -2.62. The number of rotatable bonds is 5. The molecule has 170 valence electrons. The summed E-state index contributed by atoms with van der Waals surface area (Å²) in [4.78, 5) is 32.7. The van der Waals surface area contributed by atoms with E-state index in [1.165, 1.54) is 11.3 Å². The summed E-state index contributed by atoms with van der Waals surface area (Å²) in [5, 5.41) is 9.76. The number of hydrogen-bond acceptors (Lipinski definition) is 7. The molecule has 0 amide bonds. The summed E-state index contributed by atoms with van der Waals surface area (Å²) in [5.74, 6) is -0.355. The second-order valence-electron chi connectivity index (χ2n) is 7.29. The first-order valence-electron chi connectivity index (χ1n) is 10.2. The highest BCUT2D eigenvalue weighted by Gasteiger charge is 2.33. The van der Waals surface area contributed by atoms with Crippen molar-refractivity contribution < 1.29 is 14.6 Å². The van der Waals surface area contributed by atoms with Crippen molar-refractivity contribution >= 4 is 51.1 Å². The molecule has 1 atom stereocenters. The minimum atomic E-state index is -0.634. The van der Waals surface area contributed by atoms with E-state index < -0.39 is 12.0 Å². The second-order valence-corrected chi connectivity index (χ2v) is 10.0. The van der Waals surface area contributed by atoms with Crippen molar-refractivity contribution in [3.05, 3.63) is 89.0 Å². The number of phenols is 1. The predicted molar refractivity (Wildman–Crippen MR) is 134 cm³/mol. The van der Waals surface area contributed by atoms with Crippen LogP contribution in [-0.2, 0) is 9.53 Å². The molecule has 1 aliphatic rings. The molecule has 0 saturated heterocycles. The van der Waals surface area contributed by atoms with Crippen molar-refractivity contribution in [3.63, 3.8) is 0 Å². The van der Waals surface area contributed by atoms with E-state index >= 15 is 0 Å². The molecule has 6 nitrogen and oxygen atoms in total. The van der Waals surface area contributed by atoms with Gasteiger partial charge in [-0.1, -0.05) is 29.5 Å². The van der Waals surface area contributed by atoms with Crippen molar-refractivity contribution in [1.82, 2.24) is 4.57 Å². The number of aromatic hydroxyl groups is 1. The minimum Gasteiger partial charge on any atom is -0.507 e. The molecule has 0 bridgehead atoms. The summed E-state index contributed by atoms with van der Waals surface area (Å²) < 4.78 is 7.91. The maximum atomic E-state index is 13.6. The molecule has 3 aromatic rings. The van der Waals surface area contributed by atoms with E-state index in [4.69, 9.17) is 4.74 Å². The third-order valence-corrected chi connectivity index (χ3v) is 7.58. The van der Waals surface area contributed by atoms with Crippen LogP contribution in [0.3, 0.4) is 0 Å². The van der Waals surface area contributed by atoms with E-state index in [9.17, 15) is 14.7 Å². The van der Waals surface area contributed by atoms with Crippen molar-refractivity contribution in [2.45, 2.75) is 24.8 Å². The molecular weight excluding hydrogens is 524 g/mol. The van der Waals surface area contributed by atoms with Gasteiger partial charge in [-0.2, -0.15) is 0 Å². The number of thioether (sulfide) groups is 1. The Morgan fingerprint density at radius 1 is 1.30 bits per heavy atom. The van der Waals surface area contributed by atoms with Gasteiger partial charge in [0.05, 0.1) is 32.9 Å². The number of fused-ring (bicyclic) bond motifs is 1. The molecule has 0 aliphatic carbocycles. The van der Waals surface area contributed by atoms with Crippen LogP contribution in [0.15, 0.2) is 72.9 Å². The molecule has 9 heteroatoms. The molecule has 4 rings (SSSR count). The first-order chi connectivity index (χ1) is 15.8. The SMILES string of the molecule is CCOC(=O)C1=C(C)N=c2s/c(=C\c3ccc(O)c(Br)c3)c(=O)n2[C@H]1c1ccc(SC)cc1. The maximum Gasteiger partial charge on any atom is 0.338 e. The Labute approximate surface area is 207 Å². The number of halogens is 1. The second kappa shape index (κ2) is 9.70. The molecule has 2 heterocycles. The average molecular weight is 545 g/mol.